The predicted octanol–water partition coefficient (Wildman–Crippen LogP) is 4.52. The minimum atomic E-state index is -0.110. The van der Waals surface area contributed by atoms with Crippen molar-refractivity contribution in [1.82, 2.24) is 20.4 Å². The highest BCUT2D eigenvalue weighted by molar-refractivity contribution is 5.74. The highest BCUT2D eigenvalue weighted by Gasteiger charge is 2.27. The number of aromatic nitrogens is 2. The van der Waals surface area contributed by atoms with E-state index in [4.69, 9.17) is 5.10 Å². The maximum absolute atomic E-state index is 11.8. The van der Waals surface area contributed by atoms with Gasteiger partial charge in [-0.2, -0.15) is 5.10 Å². The molecule has 0 saturated carbocycles. The molecular weight excluding hydrogens is 348 g/mol. The number of aryl methyl sites for hydroxylation is 1. The maximum atomic E-state index is 11.8. The fourth-order valence-electron chi connectivity index (χ4n) is 3.95. The molecule has 2 aromatic rings. The molecule has 2 N–H and O–H groups in total. The van der Waals surface area contributed by atoms with Crippen LogP contribution in [0.4, 0.5) is 4.79 Å². The number of amides is 2. The molecule has 0 saturated heterocycles. The summed E-state index contributed by atoms with van der Waals surface area (Å²) >= 11 is 0. The minimum absolute atomic E-state index is 0.0600. The zero-order chi connectivity index (χ0) is 20.5. The number of rotatable bonds is 4. The quantitative estimate of drug-likeness (QED) is 0.766. The fraction of sp³-hybridized carbons (Fsp3) is 0.478. The first kappa shape index (κ1) is 20.2. The Morgan fingerprint density at radius 3 is 2.46 bits per heavy atom. The molecule has 5 heteroatoms. The molecule has 0 aliphatic heterocycles. The molecule has 1 aliphatic rings. The normalized spacial score (nSPS) is 19.1. The molecule has 150 valence electrons. The molecule has 0 radical (unpaired) electrons. The predicted molar refractivity (Wildman–Crippen MR) is 114 cm³/mol. The van der Waals surface area contributed by atoms with Gasteiger partial charge in [-0.3, -0.25) is 0 Å². The van der Waals surface area contributed by atoms with E-state index >= 15 is 0 Å². The lowest BCUT2D eigenvalue weighted by Crippen LogP contribution is -2.40. The van der Waals surface area contributed by atoms with E-state index in [9.17, 15) is 4.79 Å². The van der Waals surface area contributed by atoms with Crippen LogP contribution >= 0.6 is 0 Å². The van der Waals surface area contributed by atoms with Crippen LogP contribution in [0.3, 0.4) is 0 Å². The van der Waals surface area contributed by atoms with Gasteiger partial charge < -0.3 is 10.6 Å². The maximum Gasteiger partial charge on any atom is 0.315 e. The van der Waals surface area contributed by atoms with Crippen LogP contribution in [0.5, 0.6) is 0 Å². The van der Waals surface area contributed by atoms with Crippen molar-refractivity contribution in [1.29, 1.82) is 0 Å². The van der Waals surface area contributed by atoms with Crippen LogP contribution in [0, 0.1) is 13.8 Å². The van der Waals surface area contributed by atoms with Gasteiger partial charge in [0, 0.05) is 29.8 Å². The molecule has 1 aliphatic carbocycles. The van der Waals surface area contributed by atoms with E-state index in [1.807, 2.05) is 11.6 Å². The SMILES string of the molecule is CCNC(=O)NC1C=CC(c2c(C)nn(-c3ccc(C(C)(C)C)cc3)c2C)C1. The standard InChI is InChI=1S/C23H32N4O/c1-7-24-22(28)25-19-11-8-17(14-19)21-15(2)26-27(16(21)3)20-12-9-18(10-13-20)23(4,5)6/h8-13,17,19H,7,14H2,1-6H3,(H2,24,25,28). The van der Waals surface area contributed by atoms with Crippen molar-refractivity contribution < 1.29 is 4.79 Å². The molecule has 2 amide bonds. The number of nitrogens with zero attached hydrogens (tertiary/aromatic N) is 2. The summed E-state index contributed by atoms with van der Waals surface area (Å²) in [4.78, 5) is 11.8. The van der Waals surface area contributed by atoms with Crippen molar-refractivity contribution in [3.63, 3.8) is 0 Å². The molecule has 28 heavy (non-hydrogen) atoms. The number of allylic oxidation sites excluding steroid dienone is 1. The smallest absolute Gasteiger partial charge is 0.315 e. The molecule has 1 heterocycles. The van der Waals surface area contributed by atoms with E-state index in [1.54, 1.807) is 0 Å². The number of hydrogen-bond acceptors (Lipinski definition) is 2. The van der Waals surface area contributed by atoms with Crippen LogP contribution in [0.2, 0.25) is 0 Å². The van der Waals surface area contributed by atoms with Crippen molar-refractivity contribution in [2.24, 2.45) is 0 Å². The highest BCUT2D eigenvalue weighted by atomic mass is 16.2. The van der Waals surface area contributed by atoms with Crippen LogP contribution in [-0.4, -0.2) is 28.4 Å². The van der Waals surface area contributed by atoms with Gasteiger partial charge in [-0.15, -0.1) is 0 Å². The number of benzene rings is 1. The van der Waals surface area contributed by atoms with Crippen LogP contribution in [0.1, 0.15) is 62.5 Å². The van der Waals surface area contributed by atoms with Crippen LogP contribution < -0.4 is 10.6 Å². The summed E-state index contributed by atoms with van der Waals surface area (Å²) in [6.07, 6.45) is 5.16. The molecule has 0 spiro atoms. The second kappa shape index (κ2) is 7.82. The number of carbonyl (C=O) groups excluding carboxylic acids is 1. The minimum Gasteiger partial charge on any atom is -0.338 e. The van der Waals surface area contributed by atoms with Gasteiger partial charge in [0.05, 0.1) is 11.4 Å². The number of nitrogens with one attached hydrogen (secondary N) is 2. The third-order valence-electron chi connectivity index (χ3n) is 5.43. The molecule has 1 aromatic carbocycles. The monoisotopic (exact) mass is 380 g/mol. The topological polar surface area (TPSA) is 59.0 Å². The van der Waals surface area contributed by atoms with E-state index in [0.717, 1.165) is 23.5 Å². The lowest BCUT2D eigenvalue weighted by Gasteiger charge is -2.19. The third kappa shape index (κ3) is 4.13. The summed E-state index contributed by atoms with van der Waals surface area (Å²) < 4.78 is 2.04. The first-order chi connectivity index (χ1) is 13.2. The summed E-state index contributed by atoms with van der Waals surface area (Å²) in [6.45, 7) is 13.4. The van der Waals surface area contributed by atoms with Gasteiger partial charge in [-0.25, -0.2) is 9.48 Å². The fourth-order valence-corrected chi connectivity index (χ4v) is 3.95. The van der Waals surface area contributed by atoms with Gasteiger partial charge in [-0.05, 0) is 50.3 Å². The van der Waals surface area contributed by atoms with Crippen molar-refractivity contribution in [3.8, 4) is 5.69 Å². The lowest BCUT2D eigenvalue weighted by atomic mass is 9.87. The molecule has 5 nitrogen and oxygen atoms in total. The van der Waals surface area contributed by atoms with Crippen molar-refractivity contribution in [2.75, 3.05) is 6.54 Å². The van der Waals surface area contributed by atoms with Crippen molar-refractivity contribution in [3.05, 3.63) is 58.9 Å². The van der Waals surface area contributed by atoms with E-state index in [-0.39, 0.29) is 23.4 Å². The summed E-state index contributed by atoms with van der Waals surface area (Å²) in [5, 5.41) is 10.6. The van der Waals surface area contributed by atoms with E-state index in [2.05, 4.69) is 81.7 Å². The van der Waals surface area contributed by atoms with Gasteiger partial charge in [0.2, 0.25) is 0 Å². The molecule has 3 rings (SSSR count). The third-order valence-corrected chi connectivity index (χ3v) is 5.43. The zero-order valence-corrected chi connectivity index (χ0v) is 17.8. The molecule has 2 atom stereocenters. The van der Waals surface area contributed by atoms with E-state index < -0.39 is 0 Å². The summed E-state index contributed by atoms with van der Waals surface area (Å²) in [5.41, 5.74) is 6.01. The Morgan fingerprint density at radius 1 is 1.18 bits per heavy atom. The molecule has 1 aromatic heterocycles. The first-order valence-corrected chi connectivity index (χ1v) is 10.1. The Hall–Kier alpha value is -2.56. The Bertz CT molecular complexity index is 871. The van der Waals surface area contributed by atoms with Crippen LogP contribution in [0.15, 0.2) is 36.4 Å². The second-order valence-corrected chi connectivity index (χ2v) is 8.63. The number of hydrogen-bond donors (Lipinski definition) is 2. The van der Waals surface area contributed by atoms with E-state index in [0.29, 0.717) is 6.54 Å². The summed E-state index contributed by atoms with van der Waals surface area (Å²) in [5.74, 6) is 0.273. The lowest BCUT2D eigenvalue weighted by molar-refractivity contribution is 0.239. The van der Waals surface area contributed by atoms with Gasteiger partial charge in [0.15, 0.2) is 0 Å². The second-order valence-electron chi connectivity index (χ2n) is 8.63. The molecular formula is C23H32N4O. The Morgan fingerprint density at radius 2 is 1.86 bits per heavy atom. The van der Waals surface area contributed by atoms with Gasteiger partial charge in [0.1, 0.15) is 0 Å². The summed E-state index contributed by atoms with van der Waals surface area (Å²) in [6, 6.07) is 8.62. The highest BCUT2D eigenvalue weighted by Crippen LogP contribution is 2.34. The number of urea groups is 1. The first-order valence-electron chi connectivity index (χ1n) is 10.1. The van der Waals surface area contributed by atoms with Gasteiger partial charge in [-0.1, -0.05) is 45.1 Å². The molecule has 0 bridgehead atoms. The number of carbonyl (C=O) groups is 1. The Balaban J connectivity index is 1.80. The van der Waals surface area contributed by atoms with E-state index in [1.165, 1.54) is 11.1 Å². The van der Waals surface area contributed by atoms with Gasteiger partial charge in [0.25, 0.3) is 0 Å². The van der Waals surface area contributed by atoms with Crippen molar-refractivity contribution >= 4 is 6.03 Å². The molecule has 2 unspecified atom stereocenters. The average molecular weight is 381 g/mol. The average Bonchev–Trinajstić information content (AvgIpc) is 3.18. The van der Waals surface area contributed by atoms with Crippen LogP contribution in [-0.2, 0) is 5.41 Å². The Kier molecular flexibility index (Phi) is 5.64. The summed E-state index contributed by atoms with van der Waals surface area (Å²) in [7, 11) is 0. The largest absolute Gasteiger partial charge is 0.338 e. The van der Waals surface area contributed by atoms with Crippen molar-refractivity contribution in [2.45, 2.75) is 65.3 Å². The van der Waals surface area contributed by atoms with Gasteiger partial charge >= 0.3 is 6.03 Å². The van der Waals surface area contributed by atoms with Crippen LogP contribution in [0.25, 0.3) is 5.69 Å². The Labute approximate surface area is 168 Å². The zero-order valence-electron chi connectivity index (χ0n) is 17.8. The molecule has 0 fully saturated rings.